The molecular weight excluding hydrogens is 314 g/mol. The van der Waals surface area contributed by atoms with Gasteiger partial charge in [-0.15, -0.1) is 0 Å². The summed E-state index contributed by atoms with van der Waals surface area (Å²) in [4.78, 5) is 39.1. The van der Waals surface area contributed by atoms with E-state index >= 15 is 0 Å². The molecule has 3 amide bonds. The molecule has 2 aliphatic rings. The van der Waals surface area contributed by atoms with E-state index in [1.165, 1.54) is 4.90 Å². The van der Waals surface area contributed by atoms with Crippen LogP contribution in [0.3, 0.4) is 0 Å². The molecule has 2 aliphatic heterocycles. The summed E-state index contributed by atoms with van der Waals surface area (Å²) in [6, 6.07) is 7.24. The Kier molecular flexibility index (Phi) is 4.68. The van der Waals surface area contributed by atoms with Crippen LogP contribution in [0.25, 0.3) is 0 Å². The van der Waals surface area contributed by atoms with E-state index in [1.54, 1.807) is 18.2 Å². The molecule has 122 valence electrons. The molecule has 2 heterocycles. The Bertz CT molecular complexity index is 633. The van der Waals surface area contributed by atoms with Crippen LogP contribution in [-0.4, -0.2) is 51.7 Å². The highest BCUT2D eigenvalue weighted by atomic mass is 32.2. The van der Waals surface area contributed by atoms with Gasteiger partial charge in [0.1, 0.15) is 0 Å². The Labute approximate surface area is 139 Å². The third-order valence-corrected chi connectivity index (χ3v) is 5.12. The van der Waals surface area contributed by atoms with Crippen LogP contribution in [0, 0.1) is 0 Å². The Balaban J connectivity index is 1.76. The number of nitrogens with zero attached hydrogens (tertiary/aromatic N) is 2. The van der Waals surface area contributed by atoms with Crippen LogP contribution in [0.4, 0.5) is 4.79 Å². The van der Waals surface area contributed by atoms with E-state index < -0.39 is 0 Å². The van der Waals surface area contributed by atoms with E-state index in [4.69, 9.17) is 5.73 Å². The maximum atomic E-state index is 12.7. The van der Waals surface area contributed by atoms with Crippen LogP contribution >= 0.6 is 11.8 Å². The smallest absolute Gasteiger partial charge is 0.289 e. The quantitative estimate of drug-likeness (QED) is 0.901. The van der Waals surface area contributed by atoms with Gasteiger partial charge in [-0.1, -0.05) is 23.9 Å². The second-order valence-electron chi connectivity index (χ2n) is 5.77. The van der Waals surface area contributed by atoms with E-state index in [0.717, 1.165) is 36.7 Å². The molecule has 0 radical (unpaired) electrons. The van der Waals surface area contributed by atoms with Gasteiger partial charge in [0.05, 0.1) is 12.3 Å². The average Bonchev–Trinajstić information content (AvgIpc) is 3.16. The molecule has 2 fully saturated rings. The highest BCUT2D eigenvalue weighted by molar-refractivity contribution is 8.14. The van der Waals surface area contributed by atoms with Crippen molar-refractivity contribution < 1.29 is 14.4 Å². The number of amides is 3. The Morgan fingerprint density at radius 3 is 2.87 bits per heavy atom. The predicted octanol–water partition coefficient (Wildman–Crippen LogP) is 1.45. The maximum absolute atomic E-state index is 12.7. The van der Waals surface area contributed by atoms with Crippen molar-refractivity contribution in [2.75, 3.05) is 18.8 Å². The number of carbonyl (C=O) groups is 3. The highest BCUT2D eigenvalue weighted by Gasteiger charge is 2.31. The van der Waals surface area contributed by atoms with E-state index in [9.17, 15) is 14.4 Å². The van der Waals surface area contributed by atoms with Gasteiger partial charge < -0.3 is 10.6 Å². The summed E-state index contributed by atoms with van der Waals surface area (Å²) in [7, 11) is 0. The van der Waals surface area contributed by atoms with Gasteiger partial charge >= 0.3 is 0 Å². The molecule has 1 aromatic rings. The van der Waals surface area contributed by atoms with Gasteiger partial charge in [0, 0.05) is 24.7 Å². The minimum absolute atomic E-state index is 0.0340. The number of hydrogen-bond acceptors (Lipinski definition) is 5. The predicted molar refractivity (Wildman–Crippen MR) is 88.0 cm³/mol. The topological polar surface area (TPSA) is 83.7 Å². The minimum atomic E-state index is -0.227. The lowest BCUT2D eigenvalue weighted by atomic mass is 10.1. The first-order valence-electron chi connectivity index (χ1n) is 7.67. The lowest BCUT2D eigenvalue weighted by Crippen LogP contribution is -2.40. The van der Waals surface area contributed by atoms with Crippen molar-refractivity contribution in [1.29, 1.82) is 0 Å². The number of thioether (sulfide) groups is 1. The lowest BCUT2D eigenvalue weighted by molar-refractivity contribution is -0.125. The molecule has 3 rings (SSSR count). The molecule has 6 nitrogen and oxygen atoms in total. The zero-order valence-electron chi connectivity index (χ0n) is 12.7. The normalized spacial score (nSPS) is 21.3. The van der Waals surface area contributed by atoms with Crippen LogP contribution < -0.4 is 5.73 Å². The van der Waals surface area contributed by atoms with Gasteiger partial charge in [-0.2, -0.15) is 0 Å². The van der Waals surface area contributed by atoms with Crippen molar-refractivity contribution in [3.63, 3.8) is 0 Å². The molecular formula is C16H19N3O3S. The third-order valence-electron chi connectivity index (χ3n) is 4.27. The molecule has 0 saturated carbocycles. The van der Waals surface area contributed by atoms with Gasteiger partial charge in [0.15, 0.2) is 0 Å². The number of benzene rings is 1. The summed E-state index contributed by atoms with van der Waals surface area (Å²) in [6.45, 7) is 1.41. The highest BCUT2D eigenvalue weighted by Crippen LogP contribution is 2.23. The van der Waals surface area contributed by atoms with Crippen molar-refractivity contribution in [2.45, 2.75) is 25.4 Å². The molecule has 23 heavy (non-hydrogen) atoms. The molecule has 0 aliphatic carbocycles. The van der Waals surface area contributed by atoms with E-state index in [0.29, 0.717) is 12.1 Å². The molecule has 0 spiro atoms. The zero-order valence-corrected chi connectivity index (χ0v) is 13.6. The van der Waals surface area contributed by atoms with Crippen LogP contribution in [0.5, 0.6) is 0 Å². The number of carbonyl (C=O) groups excluding carboxylic acids is 3. The SMILES string of the molecule is NCC1CCCN1C(=O)c1cccc(CN2C(=O)CSC2=O)c1. The molecule has 2 N–H and O–H groups in total. The lowest BCUT2D eigenvalue weighted by Gasteiger charge is -2.24. The van der Waals surface area contributed by atoms with Crippen LogP contribution in [0.2, 0.25) is 0 Å². The maximum Gasteiger partial charge on any atom is 0.289 e. The Hall–Kier alpha value is -1.86. The van der Waals surface area contributed by atoms with Crippen LogP contribution in [0.15, 0.2) is 24.3 Å². The number of rotatable bonds is 4. The minimum Gasteiger partial charge on any atom is -0.334 e. The van der Waals surface area contributed by atoms with E-state index in [1.807, 2.05) is 11.0 Å². The second-order valence-corrected chi connectivity index (χ2v) is 6.69. The first-order chi connectivity index (χ1) is 11.1. The van der Waals surface area contributed by atoms with Crippen molar-refractivity contribution in [3.8, 4) is 0 Å². The third kappa shape index (κ3) is 3.25. The van der Waals surface area contributed by atoms with Gasteiger partial charge in [-0.3, -0.25) is 19.3 Å². The molecule has 0 bridgehead atoms. The molecule has 1 unspecified atom stereocenters. The van der Waals surface area contributed by atoms with Gasteiger partial charge in [0.25, 0.3) is 11.1 Å². The first kappa shape index (κ1) is 16.0. The second kappa shape index (κ2) is 6.72. The summed E-state index contributed by atoms with van der Waals surface area (Å²) in [6.07, 6.45) is 1.91. The van der Waals surface area contributed by atoms with E-state index in [2.05, 4.69) is 0 Å². The van der Waals surface area contributed by atoms with Crippen molar-refractivity contribution in [3.05, 3.63) is 35.4 Å². The molecule has 2 saturated heterocycles. The number of nitrogens with two attached hydrogens (primary N) is 1. The van der Waals surface area contributed by atoms with Crippen molar-refractivity contribution >= 4 is 28.8 Å². The molecule has 1 atom stereocenters. The first-order valence-corrected chi connectivity index (χ1v) is 8.66. The summed E-state index contributed by atoms with van der Waals surface area (Å²) in [5, 5.41) is -0.227. The fourth-order valence-corrected chi connectivity index (χ4v) is 3.76. The standard InChI is InChI=1S/C16H19N3O3S/c17-8-13-5-2-6-18(13)15(21)12-4-1-3-11(7-12)9-19-14(20)10-23-16(19)22/h1,3-4,7,13H,2,5-6,8-10,17H2. The van der Waals surface area contributed by atoms with Crippen molar-refractivity contribution in [2.24, 2.45) is 5.73 Å². The van der Waals surface area contributed by atoms with E-state index in [-0.39, 0.29) is 35.4 Å². The largest absolute Gasteiger partial charge is 0.334 e. The molecule has 0 aromatic heterocycles. The van der Waals surface area contributed by atoms with Gasteiger partial charge in [-0.25, -0.2) is 0 Å². The summed E-state index contributed by atoms with van der Waals surface area (Å²) < 4.78 is 0. The number of imide groups is 1. The molecule has 7 heteroatoms. The van der Waals surface area contributed by atoms with Gasteiger partial charge in [-0.05, 0) is 30.5 Å². The summed E-state index contributed by atoms with van der Waals surface area (Å²) in [5.74, 6) is -0.0172. The summed E-state index contributed by atoms with van der Waals surface area (Å²) in [5.41, 5.74) is 7.09. The fraction of sp³-hybridized carbons (Fsp3) is 0.438. The van der Waals surface area contributed by atoms with Crippen LogP contribution in [0.1, 0.15) is 28.8 Å². The average molecular weight is 333 g/mol. The molecule has 1 aromatic carbocycles. The Morgan fingerprint density at radius 2 is 2.17 bits per heavy atom. The van der Waals surface area contributed by atoms with Crippen molar-refractivity contribution in [1.82, 2.24) is 9.80 Å². The fourth-order valence-electron chi connectivity index (χ4n) is 3.03. The summed E-state index contributed by atoms with van der Waals surface area (Å²) >= 11 is 1.02. The number of hydrogen-bond donors (Lipinski definition) is 1. The zero-order chi connectivity index (χ0) is 16.4. The Morgan fingerprint density at radius 1 is 1.35 bits per heavy atom. The monoisotopic (exact) mass is 333 g/mol. The number of likely N-dealkylation sites (tertiary alicyclic amines) is 1. The van der Waals surface area contributed by atoms with Gasteiger partial charge in [0.2, 0.25) is 5.91 Å². The van der Waals surface area contributed by atoms with Crippen LogP contribution in [-0.2, 0) is 11.3 Å².